The van der Waals surface area contributed by atoms with Crippen molar-refractivity contribution in [2.75, 3.05) is 11.9 Å². The number of nitrogens with zero attached hydrogens (tertiary/aromatic N) is 2. The lowest BCUT2D eigenvalue weighted by atomic mass is 9.86. The van der Waals surface area contributed by atoms with Crippen molar-refractivity contribution < 1.29 is 14.3 Å². The predicted molar refractivity (Wildman–Crippen MR) is 97.4 cm³/mol. The Balaban J connectivity index is 1.78. The van der Waals surface area contributed by atoms with E-state index in [0.29, 0.717) is 6.54 Å². The van der Waals surface area contributed by atoms with Gasteiger partial charge in [-0.15, -0.1) is 0 Å². The summed E-state index contributed by atoms with van der Waals surface area (Å²) < 4.78 is 5.12. The van der Waals surface area contributed by atoms with Crippen molar-refractivity contribution in [2.24, 2.45) is 5.10 Å². The van der Waals surface area contributed by atoms with Gasteiger partial charge in [0.05, 0.1) is 13.2 Å². The van der Waals surface area contributed by atoms with E-state index in [-0.39, 0.29) is 24.6 Å². The van der Waals surface area contributed by atoms with Crippen LogP contribution in [0.1, 0.15) is 24.5 Å². The lowest BCUT2D eigenvalue weighted by molar-refractivity contribution is -0.135. The molecule has 132 valence electrons. The van der Waals surface area contributed by atoms with Gasteiger partial charge in [-0.3, -0.25) is 9.80 Å². The molecule has 6 heteroatoms. The molecule has 2 aliphatic heterocycles. The number of nitrogens with one attached hydrogen (secondary N) is 1. The van der Waals surface area contributed by atoms with Crippen molar-refractivity contribution in [2.45, 2.75) is 25.4 Å². The maximum Gasteiger partial charge on any atom is 0.354 e. The monoisotopic (exact) mass is 349 g/mol. The van der Waals surface area contributed by atoms with E-state index in [0.717, 1.165) is 16.8 Å². The number of benzene rings is 2. The fourth-order valence-electron chi connectivity index (χ4n) is 3.59. The fraction of sp³-hybridized carbons (Fsp3) is 0.250. The third kappa shape index (κ3) is 2.45. The number of rotatable bonds is 4. The smallest absolute Gasteiger partial charge is 0.354 e. The van der Waals surface area contributed by atoms with Crippen LogP contribution >= 0.6 is 0 Å². The molecule has 1 N–H and O–H groups in total. The number of hydrogen-bond donors (Lipinski definition) is 1. The maximum absolute atomic E-state index is 13.0. The number of para-hydroxylation sites is 1. The second-order valence-electron chi connectivity index (χ2n) is 6.35. The Kier molecular flexibility index (Phi) is 3.95. The number of carbonyl (C=O) groups excluding carboxylic acids is 2. The Morgan fingerprint density at radius 1 is 1.19 bits per heavy atom. The SMILES string of the molecule is CCOC(=O)C1=NN(Cc2ccccc2)[C@@]2(C1)C(=O)Nc1ccccc12. The maximum atomic E-state index is 13.0. The van der Waals surface area contributed by atoms with Gasteiger partial charge in [-0.05, 0) is 18.6 Å². The first-order valence-corrected chi connectivity index (χ1v) is 8.62. The minimum atomic E-state index is -1.02. The van der Waals surface area contributed by atoms with Gasteiger partial charge in [0, 0.05) is 17.7 Å². The molecule has 4 rings (SSSR count). The summed E-state index contributed by atoms with van der Waals surface area (Å²) in [6.45, 7) is 2.44. The van der Waals surface area contributed by atoms with Gasteiger partial charge in [-0.25, -0.2) is 4.79 Å². The summed E-state index contributed by atoms with van der Waals surface area (Å²) in [5, 5.41) is 9.15. The van der Waals surface area contributed by atoms with Gasteiger partial charge in [-0.1, -0.05) is 48.5 Å². The van der Waals surface area contributed by atoms with Gasteiger partial charge in [-0.2, -0.15) is 5.10 Å². The van der Waals surface area contributed by atoms with Gasteiger partial charge in [0.15, 0.2) is 5.54 Å². The molecule has 0 saturated carbocycles. The third-order valence-corrected chi connectivity index (χ3v) is 4.79. The van der Waals surface area contributed by atoms with E-state index in [1.165, 1.54) is 0 Å². The summed E-state index contributed by atoms with van der Waals surface area (Å²) in [6.07, 6.45) is 0.196. The zero-order valence-electron chi connectivity index (χ0n) is 14.4. The molecule has 0 fully saturated rings. The minimum absolute atomic E-state index is 0.169. The lowest BCUT2D eigenvalue weighted by Crippen LogP contribution is -2.45. The van der Waals surface area contributed by atoms with Crippen LogP contribution in [0.3, 0.4) is 0 Å². The number of carbonyl (C=O) groups is 2. The van der Waals surface area contributed by atoms with E-state index in [1.54, 1.807) is 11.9 Å². The number of anilines is 1. The van der Waals surface area contributed by atoms with Gasteiger partial charge in [0.25, 0.3) is 5.91 Å². The first-order chi connectivity index (χ1) is 12.6. The van der Waals surface area contributed by atoms with Crippen LogP contribution in [0.15, 0.2) is 59.7 Å². The molecule has 0 bridgehead atoms. The topological polar surface area (TPSA) is 71.0 Å². The average Bonchev–Trinajstić information content (AvgIpc) is 3.16. The molecule has 2 heterocycles. The van der Waals surface area contributed by atoms with E-state index in [2.05, 4.69) is 10.4 Å². The van der Waals surface area contributed by atoms with Crippen LogP contribution in [-0.2, 0) is 26.4 Å². The fourth-order valence-corrected chi connectivity index (χ4v) is 3.59. The highest BCUT2D eigenvalue weighted by Gasteiger charge is 2.56. The normalized spacial score (nSPS) is 20.7. The van der Waals surface area contributed by atoms with Crippen LogP contribution < -0.4 is 5.32 Å². The largest absolute Gasteiger partial charge is 0.461 e. The molecule has 1 amide bonds. The van der Waals surface area contributed by atoms with Crippen LogP contribution in [0.25, 0.3) is 0 Å². The van der Waals surface area contributed by atoms with Gasteiger partial charge >= 0.3 is 5.97 Å². The molecular weight excluding hydrogens is 330 g/mol. The molecule has 2 aromatic rings. The number of esters is 1. The Labute approximate surface area is 151 Å². The number of hydrazone groups is 1. The van der Waals surface area contributed by atoms with E-state index in [9.17, 15) is 9.59 Å². The highest BCUT2D eigenvalue weighted by molar-refractivity contribution is 6.38. The first-order valence-electron chi connectivity index (χ1n) is 8.62. The van der Waals surface area contributed by atoms with Crippen molar-refractivity contribution >= 4 is 23.3 Å². The molecule has 2 aliphatic rings. The molecule has 1 atom stereocenters. The standard InChI is InChI=1S/C20H19N3O3/c1-2-26-18(24)17-12-20(15-10-6-7-11-16(15)21-19(20)25)23(22-17)13-14-8-4-3-5-9-14/h3-11H,2,12-13H2,1H3,(H,21,25)/t20-/m1/s1. The highest BCUT2D eigenvalue weighted by atomic mass is 16.5. The molecular formula is C20H19N3O3. The van der Waals surface area contributed by atoms with Crippen LogP contribution in [0.2, 0.25) is 0 Å². The van der Waals surface area contributed by atoms with Crippen LogP contribution in [0.4, 0.5) is 5.69 Å². The summed E-state index contributed by atoms with van der Waals surface area (Å²) in [5.74, 6) is -0.641. The summed E-state index contributed by atoms with van der Waals surface area (Å²) in [4.78, 5) is 25.3. The number of ether oxygens (including phenoxy) is 1. The lowest BCUT2D eigenvalue weighted by Gasteiger charge is -2.32. The minimum Gasteiger partial charge on any atom is -0.461 e. The number of amides is 1. The quantitative estimate of drug-likeness (QED) is 0.862. The summed E-state index contributed by atoms with van der Waals surface area (Å²) in [7, 11) is 0. The summed E-state index contributed by atoms with van der Waals surface area (Å²) in [6, 6.07) is 17.3. The molecule has 1 spiro atoms. The van der Waals surface area contributed by atoms with Crippen LogP contribution in [0.5, 0.6) is 0 Å². The third-order valence-electron chi connectivity index (χ3n) is 4.79. The number of fused-ring (bicyclic) bond motifs is 2. The predicted octanol–water partition coefficient (Wildman–Crippen LogP) is 2.66. The van der Waals surface area contributed by atoms with Gasteiger partial charge in [0.2, 0.25) is 0 Å². The second-order valence-corrected chi connectivity index (χ2v) is 6.35. The number of hydrogen-bond acceptors (Lipinski definition) is 5. The van der Waals surface area contributed by atoms with Crippen molar-refractivity contribution in [1.82, 2.24) is 5.01 Å². The van der Waals surface area contributed by atoms with E-state index in [1.807, 2.05) is 54.6 Å². The molecule has 26 heavy (non-hydrogen) atoms. The molecule has 0 aliphatic carbocycles. The average molecular weight is 349 g/mol. The summed E-state index contributed by atoms with van der Waals surface area (Å²) in [5.41, 5.74) is 1.86. The molecule has 0 radical (unpaired) electrons. The Morgan fingerprint density at radius 3 is 2.69 bits per heavy atom. The van der Waals surface area contributed by atoms with Crippen molar-refractivity contribution in [3.05, 3.63) is 65.7 Å². The van der Waals surface area contributed by atoms with Crippen LogP contribution in [0, 0.1) is 0 Å². The summed E-state index contributed by atoms with van der Waals surface area (Å²) >= 11 is 0. The Morgan fingerprint density at radius 2 is 1.92 bits per heavy atom. The van der Waals surface area contributed by atoms with Crippen molar-refractivity contribution in [3.63, 3.8) is 0 Å². The molecule has 0 saturated heterocycles. The molecule has 2 aromatic carbocycles. The second kappa shape index (κ2) is 6.29. The zero-order valence-corrected chi connectivity index (χ0v) is 14.4. The Bertz CT molecular complexity index is 894. The highest BCUT2D eigenvalue weighted by Crippen LogP contribution is 2.47. The van der Waals surface area contributed by atoms with Crippen molar-refractivity contribution in [3.8, 4) is 0 Å². The van der Waals surface area contributed by atoms with E-state index >= 15 is 0 Å². The molecule has 6 nitrogen and oxygen atoms in total. The van der Waals surface area contributed by atoms with Gasteiger partial charge < -0.3 is 10.1 Å². The van der Waals surface area contributed by atoms with Crippen LogP contribution in [-0.4, -0.2) is 29.2 Å². The molecule has 0 aromatic heterocycles. The first kappa shape index (κ1) is 16.3. The van der Waals surface area contributed by atoms with Gasteiger partial charge in [0.1, 0.15) is 5.71 Å². The Hall–Kier alpha value is -3.15. The molecule has 0 unspecified atom stereocenters. The van der Waals surface area contributed by atoms with Crippen molar-refractivity contribution in [1.29, 1.82) is 0 Å². The van der Waals surface area contributed by atoms with E-state index < -0.39 is 11.5 Å². The zero-order chi connectivity index (χ0) is 18.1. The van der Waals surface area contributed by atoms with E-state index in [4.69, 9.17) is 4.74 Å².